The molecule has 0 saturated carbocycles. The first kappa shape index (κ1) is 16.9. The molecule has 1 aromatic heterocycles. The summed E-state index contributed by atoms with van der Waals surface area (Å²) >= 11 is 1.81. The minimum atomic E-state index is -0.962. The van der Waals surface area contributed by atoms with Gasteiger partial charge in [-0.15, -0.1) is 11.3 Å². The van der Waals surface area contributed by atoms with Gasteiger partial charge in [0.15, 0.2) is 6.61 Å². The van der Waals surface area contributed by atoms with Crippen LogP contribution in [0.4, 0.5) is 0 Å². The molecule has 0 spiro atoms. The molecule has 1 aliphatic heterocycles. The number of aliphatic carboxylic acids is 1. The summed E-state index contributed by atoms with van der Waals surface area (Å²) in [7, 11) is 0. The van der Waals surface area contributed by atoms with Crippen LogP contribution in [-0.4, -0.2) is 40.7 Å². The van der Waals surface area contributed by atoms with Crippen molar-refractivity contribution in [1.29, 1.82) is 0 Å². The van der Waals surface area contributed by atoms with Crippen molar-refractivity contribution in [3.8, 4) is 5.75 Å². The summed E-state index contributed by atoms with van der Waals surface area (Å²) < 4.78 is 5.17. The van der Waals surface area contributed by atoms with Gasteiger partial charge in [-0.3, -0.25) is 4.90 Å². The molecule has 128 valence electrons. The molecule has 2 aromatic rings. The standard InChI is InChI=1S/C18H22N2O3S/c1-13-9-19-18(24-13)15-3-2-8-20(11-15)10-14-4-6-16(7-5-14)23-12-17(21)22/h4-7,9,15H,2-3,8,10-12H2,1H3,(H,21,22)/t15-/m1/s1. The maximum absolute atomic E-state index is 10.5. The number of thiazole rings is 1. The van der Waals surface area contributed by atoms with E-state index < -0.39 is 5.97 Å². The van der Waals surface area contributed by atoms with Gasteiger partial charge in [-0.2, -0.15) is 0 Å². The summed E-state index contributed by atoms with van der Waals surface area (Å²) in [6, 6.07) is 7.69. The van der Waals surface area contributed by atoms with Crippen molar-refractivity contribution in [3.05, 3.63) is 45.9 Å². The van der Waals surface area contributed by atoms with E-state index in [2.05, 4.69) is 16.8 Å². The van der Waals surface area contributed by atoms with E-state index in [-0.39, 0.29) is 6.61 Å². The largest absolute Gasteiger partial charge is 0.482 e. The molecule has 6 heteroatoms. The van der Waals surface area contributed by atoms with Crippen molar-refractivity contribution in [2.75, 3.05) is 19.7 Å². The molecule has 24 heavy (non-hydrogen) atoms. The second kappa shape index (κ2) is 7.77. The zero-order valence-corrected chi connectivity index (χ0v) is 14.6. The average molecular weight is 346 g/mol. The van der Waals surface area contributed by atoms with Gasteiger partial charge < -0.3 is 9.84 Å². The highest BCUT2D eigenvalue weighted by Crippen LogP contribution is 2.30. The second-order valence-corrected chi connectivity index (χ2v) is 7.48. The van der Waals surface area contributed by atoms with Gasteiger partial charge >= 0.3 is 5.97 Å². The van der Waals surface area contributed by atoms with E-state index in [1.165, 1.54) is 28.3 Å². The van der Waals surface area contributed by atoms with Crippen molar-refractivity contribution in [2.24, 2.45) is 0 Å². The van der Waals surface area contributed by atoms with Gasteiger partial charge in [0.1, 0.15) is 5.75 Å². The Balaban J connectivity index is 1.56. The van der Waals surface area contributed by atoms with Crippen LogP contribution in [0.2, 0.25) is 0 Å². The third-order valence-electron chi connectivity index (χ3n) is 4.19. The Kier molecular flexibility index (Phi) is 5.48. The Morgan fingerprint density at radius 2 is 2.21 bits per heavy atom. The van der Waals surface area contributed by atoms with Crippen LogP contribution < -0.4 is 4.74 Å². The number of benzene rings is 1. The summed E-state index contributed by atoms with van der Waals surface area (Å²) in [5, 5.41) is 9.89. The van der Waals surface area contributed by atoms with Gasteiger partial charge in [0.25, 0.3) is 0 Å². The lowest BCUT2D eigenvalue weighted by molar-refractivity contribution is -0.139. The predicted octanol–water partition coefficient (Wildman–Crippen LogP) is 3.29. The van der Waals surface area contributed by atoms with E-state index in [4.69, 9.17) is 9.84 Å². The van der Waals surface area contributed by atoms with Crippen molar-refractivity contribution in [2.45, 2.75) is 32.2 Å². The highest BCUT2D eigenvalue weighted by molar-refractivity contribution is 7.11. The topological polar surface area (TPSA) is 62.7 Å². The summed E-state index contributed by atoms with van der Waals surface area (Å²) in [6.45, 7) is 4.86. The molecule has 0 amide bonds. The third kappa shape index (κ3) is 4.55. The van der Waals surface area contributed by atoms with Gasteiger partial charge in [-0.25, -0.2) is 9.78 Å². The number of aromatic nitrogens is 1. The van der Waals surface area contributed by atoms with Crippen LogP contribution in [0.15, 0.2) is 30.5 Å². The minimum absolute atomic E-state index is 0.305. The van der Waals surface area contributed by atoms with Crippen LogP contribution >= 0.6 is 11.3 Å². The van der Waals surface area contributed by atoms with Crippen molar-refractivity contribution >= 4 is 17.3 Å². The fourth-order valence-electron chi connectivity index (χ4n) is 3.06. The summed E-state index contributed by atoms with van der Waals surface area (Å²) in [6.07, 6.45) is 4.38. The molecule has 0 bridgehead atoms. The molecule has 3 rings (SSSR count). The molecular weight excluding hydrogens is 324 g/mol. The molecule has 0 radical (unpaired) electrons. The number of ether oxygens (including phenoxy) is 1. The van der Waals surface area contributed by atoms with Crippen LogP contribution in [0.5, 0.6) is 5.75 Å². The molecule has 1 saturated heterocycles. The SMILES string of the molecule is Cc1cnc([C@@H]2CCCN(Cc3ccc(OCC(=O)O)cc3)C2)s1. The number of rotatable bonds is 6. The minimum Gasteiger partial charge on any atom is -0.482 e. The normalized spacial score (nSPS) is 18.5. The summed E-state index contributed by atoms with van der Waals surface area (Å²) in [4.78, 5) is 18.8. The van der Waals surface area contributed by atoms with Crippen LogP contribution in [-0.2, 0) is 11.3 Å². The molecule has 1 N–H and O–H groups in total. The number of aryl methyl sites for hydroxylation is 1. The zero-order valence-electron chi connectivity index (χ0n) is 13.8. The van der Waals surface area contributed by atoms with Gasteiger partial charge in [0, 0.05) is 30.1 Å². The Morgan fingerprint density at radius 1 is 1.42 bits per heavy atom. The van der Waals surface area contributed by atoms with E-state index in [1.54, 1.807) is 0 Å². The molecule has 1 atom stereocenters. The molecule has 1 aliphatic rings. The zero-order chi connectivity index (χ0) is 16.9. The average Bonchev–Trinajstić information content (AvgIpc) is 3.01. The maximum Gasteiger partial charge on any atom is 0.341 e. The second-order valence-electron chi connectivity index (χ2n) is 6.21. The van der Waals surface area contributed by atoms with Crippen molar-refractivity contribution in [1.82, 2.24) is 9.88 Å². The van der Waals surface area contributed by atoms with E-state index in [0.29, 0.717) is 11.7 Å². The lowest BCUT2D eigenvalue weighted by atomic mass is 9.98. The first-order valence-electron chi connectivity index (χ1n) is 8.18. The Morgan fingerprint density at radius 3 is 2.88 bits per heavy atom. The maximum atomic E-state index is 10.5. The van der Waals surface area contributed by atoms with Crippen LogP contribution in [0.1, 0.15) is 34.2 Å². The first-order chi connectivity index (χ1) is 11.6. The van der Waals surface area contributed by atoms with E-state index >= 15 is 0 Å². The molecule has 1 aromatic carbocycles. The molecule has 0 unspecified atom stereocenters. The smallest absolute Gasteiger partial charge is 0.341 e. The molecular formula is C18H22N2O3S. The van der Waals surface area contributed by atoms with E-state index in [0.717, 1.165) is 19.6 Å². The van der Waals surface area contributed by atoms with Gasteiger partial charge in [0.05, 0.1) is 5.01 Å². The number of carbonyl (C=O) groups is 1. The monoisotopic (exact) mass is 346 g/mol. The molecule has 1 fully saturated rings. The number of carboxylic acid groups (broad SMARTS) is 1. The highest BCUT2D eigenvalue weighted by Gasteiger charge is 2.23. The summed E-state index contributed by atoms with van der Waals surface area (Å²) in [5.41, 5.74) is 1.22. The van der Waals surface area contributed by atoms with Gasteiger partial charge in [0.2, 0.25) is 0 Å². The van der Waals surface area contributed by atoms with Crippen LogP contribution in [0.25, 0.3) is 0 Å². The summed E-state index contributed by atoms with van der Waals surface area (Å²) in [5.74, 6) is 0.169. The fourth-order valence-corrected chi connectivity index (χ4v) is 3.96. The third-order valence-corrected chi connectivity index (χ3v) is 5.26. The first-order valence-corrected chi connectivity index (χ1v) is 9.00. The lowest BCUT2D eigenvalue weighted by Crippen LogP contribution is -2.33. The number of likely N-dealkylation sites (tertiary alicyclic amines) is 1. The Labute approximate surface area is 145 Å². The molecule has 5 nitrogen and oxygen atoms in total. The van der Waals surface area contributed by atoms with Gasteiger partial charge in [-0.1, -0.05) is 12.1 Å². The Bertz CT molecular complexity index is 684. The van der Waals surface area contributed by atoms with Crippen molar-refractivity contribution in [3.63, 3.8) is 0 Å². The van der Waals surface area contributed by atoms with E-state index in [9.17, 15) is 4.79 Å². The number of hydrogen-bond donors (Lipinski definition) is 1. The lowest BCUT2D eigenvalue weighted by Gasteiger charge is -2.31. The number of hydrogen-bond acceptors (Lipinski definition) is 5. The van der Waals surface area contributed by atoms with E-state index in [1.807, 2.05) is 41.8 Å². The quantitative estimate of drug-likeness (QED) is 0.869. The predicted molar refractivity (Wildman–Crippen MR) is 93.7 cm³/mol. The molecule has 2 heterocycles. The number of nitrogens with zero attached hydrogens (tertiary/aromatic N) is 2. The molecule has 0 aliphatic carbocycles. The van der Waals surface area contributed by atoms with Crippen molar-refractivity contribution < 1.29 is 14.6 Å². The highest BCUT2D eigenvalue weighted by atomic mass is 32.1. The fraction of sp³-hybridized carbons (Fsp3) is 0.444. The van der Waals surface area contributed by atoms with Crippen LogP contribution in [0, 0.1) is 6.92 Å². The number of piperidine rings is 1. The number of carboxylic acids is 1. The van der Waals surface area contributed by atoms with Gasteiger partial charge in [-0.05, 0) is 44.0 Å². The van der Waals surface area contributed by atoms with Crippen LogP contribution in [0.3, 0.4) is 0 Å². The Hall–Kier alpha value is -1.92.